The molecule has 12 heavy (non-hydrogen) atoms. The molecule has 2 rings (SSSR count). The Morgan fingerprint density at radius 3 is 3.00 bits per heavy atom. The maximum atomic E-state index is 10.6. The molecule has 0 saturated carbocycles. The van der Waals surface area contributed by atoms with E-state index in [1.807, 2.05) is 0 Å². The van der Waals surface area contributed by atoms with Gasteiger partial charge in [0, 0.05) is 25.5 Å². The van der Waals surface area contributed by atoms with E-state index in [0.717, 1.165) is 13.1 Å². The fraction of sp³-hybridized carbons (Fsp3) is 0.429. The van der Waals surface area contributed by atoms with Gasteiger partial charge in [-0.15, -0.1) is 0 Å². The third kappa shape index (κ3) is 0.984. The van der Waals surface area contributed by atoms with Crippen LogP contribution in [0.5, 0.6) is 0 Å². The summed E-state index contributed by atoms with van der Waals surface area (Å²) < 4.78 is 1.69. The largest absolute Gasteiger partial charge is 0.475 e. The Morgan fingerprint density at radius 1 is 1.75 bits per heavy atom. The number of aromatic nitrogens is 2. The summed E-state index contributed by atoms with van der Waals surface area (Å²) in [6.45, 7) is 1.66. The predicted octanol–water partition coefficient (Wildman–Crippen LogP) is -0.274. The molecule has 2 heterocycles. The van der Waals surface area contributed by atoms with Crippen LogP contribution in [0.15, 0.2) is 12.4 Å². The van der Waals surface area contributed by atoms with Gasteiger partial charge in [-0.2, -0.15) is 0 Å². The van der Waals surface area contributed by atoms with E-state index in [4.69, 9.17) is 5.11 Å². The SMILES string of the molecule is O=C(O)c1nccn1C1CNC1. The Balaban J connectivity index is 2.29. The Kier molecular flexibility index (Phi) is 1.58. The van der Waals surface area contributed by atoms with E-state index in [2.05, 4.69) is 10.3 Å². The Morgan fingerprint density at radius 2 is 2.50 bits per heavy atom. The first kappa shape index (κ1) is 7.30. The number of carboxylic acid groups (broad SMARTS) is 1. The van der Waals surface area contributed by atoms with Crippen molar-refractivity contribution in [1.82, 2.24) is 14.9 Å². The van der Waals surface area contributed by atoms with E-state index in [-0.39, 0.29) is 11.9 Å². The topological polar surface area (TPSA) is 67.1 Å². The Labute approximate surface area is 69.0 Å². The molecule has 0 aromatic carbocycles. The average Bonchev–Trinajstić information content (AvgIpc) is 2.31. The third-order valence-electron chi connectivity index (χ3n) is 2.01. The second kappa shape index (κ2) is 2.60. The van der Waals surface area contributed by atoms with Gasteiger partial charge in [-0.1, -0.05) is 0 Å². The van der Waals surface area contributed by atoms with Crippen LogP contribution in [0, 0.1) is 0 Å². The number of carboxylic acids is 1. The number of nitrogens with zero attached hydrogens (tertiary/aromatic N) is 2. The van der Waals surface area contributed by atoms with Crippen LogP contribution in [0.1, 0.15) is 16.7 Å². The molecule has 0 spiro atoms. The predicted molar refractivity (Wildman–Crippen MR) is 41.1 cm³/mol. The van der Waals surface area contributed by atoms with Gasteiger partial charge in [0.05, 0.1) is 6.04 Å². The number of hydrogen-bond donors (Lipinski definition) is 2. The van der Waals surface area contributed by atoms with Crippen molar-refractivity contribution in [3.63, 3.8) is 0 Å². The van der Waals surface area contributed by atoms with Gasteiger partial charge in [-0.3, -0.25) is 0 Å². The fourth-order valence-corrected chi connectivity index (χ4v) is 1.24. The lowest BCUT2D eigenvalue weighted by atomic mass is 10.2. The van der Waals surface area contributed by atoms with E-state index < -0.39 is 5.97 Å². The number of hydrogen-bond acceptors (Lipinski definition) is 3. The number of nitrogens with one attached hydrogen (secondary N) is 1. The summed E-state index contributed by atoms with van der Waals surface area (Å²) in [5, 5.41) is 11.8. The quantitative estimate of drug-likeness (QED) is 0.636. The highest BCUT2D eigenvalue weighted by Gasteiger charge is 2.23. The maximum absolute atomic E-state index is 10.6. The molecule has 0 atom stereocenters. The smallest absolute Gasteiger partial charge is 0.372 e. The lowest BCUT2D eigenvalue weighted by Gasteiger charge is -2.28. The summed E-state index contributed by atoms with van der Waals surface area (Å²) in [7, 11) is 0. The van der Waals surface area contributed by atoms with Gasteiger partial charge in [0.1, 0.15) is 0 Å². The van der Waals surface area contributed by atoms with Crippen LogP contribution < -0.4 is 5.32 Å². The molecule has 2 N–H and O–H groups in total. The summed E-state index contributed by atoms with van der Waals surface area (Å²) in [4.78, 5) is 14.4. The van der Waals surface area contributed by atoms with Gasteiger partial charge >= 0.3 is 5.97 Å². The van der Waals surface area contributed by atoms with Crippen molar-refractivity contribution in [3.8, 4) is 0 Å². The monoisotopic (exact) mass is 167 g/mol. The molecule has 0 amide bonds. The van der Waals surface area contributed by atoms with Crippen LogP contribution >= 0.6 is 0 Å². The number of carbonyl (C=O) groups is 1. The summed E-state index contributed by atoms with van der Waals surface area (Å²) >= 11 is 0. The summed E-state index contributed by atoms with van der Waals surface area (Å²) in [6.07, 6.45) is 3.22. The minimum atomic E-state index is -0.966. The normalized spacial score (nSPS) is 17.3. The molecular weight excluding hydrogens is 158 g/mol. The van der Waals surface area contributed by atoms with Crippen LogP contribution in [-0.4, -0.2) is 33.7 Å². The van der Waals surface area contributed by atoms with Crippen molar-refractivity contribution < 1.29 is 9.90 Å². The molecule has 1 fully saturated rings. The van der Waals surface area contributed by atoms with Crippen molar-refractivity contribution in [3.05, 3.63) is 18.2 Å². The van der Waals surface area contributed by atoms with Crippen molar-refractivity contribution in [2.24, 2.45) is 0 Å². The molecule has 0 unspecified atom stereocenters. The first-order valence-corrected chi connectivity index (χ1v) is 3.76. The van der Waals surface area contributed by atoms with Crippen LogP contribution in [0.25, 0.3) is 0 Å². The minimum Gasteiger partial charge on any atom is -0.475 e. The zero-order valence-electron chi connectivity index (χ0n) is 6.40. The Hall–Kier alpha value is -1.36. The van der Waals surface area contributed by atoms with Gasteiger partial charge in [-0.25, -0.2) is 9.78 Å². The van der Waals surface area contributed by atoms with E-state index in [1.54, 1.807) is 10.8 Å². The van der Waals surface area contributed by atoms with E-state index in [0.29, 0.717) is 0 Å². The molecule has 64 valence electrons. The van der Waals surface area contributed by atoms with Gasteiger partial charge < -0.3 is 15.0 Å². The van der Waals surface area contributed by atoms with Crippen LogP contribution in [-0.2, 0) is 0 Å². The highest BCUT2D eigenvalue weighted by atomic mass is 16.4. The van der Waals surface area contributed by atoms with Crippen molar-refractivity contribution in [2.45, 2.75) is 6.04 Å². The van der Waals surface area contributed by atoms with E-state index in [9.17, 15) is 4.79 Å². The molecule has 1 aromatic heterocycles. The summed E-state index contributed by atoms with van der Waals surface area (Å²) in [5.41, 5.74) is 0. The zero-order valence-corrected chi connectivity index (χ0v) is 6.40. The van der Waals surface area contributed by atoms with Crippen molar-refractivity contribution in [2.75, 3.05) is 13.1 Å². The molecule has 0 bridgehead atoms. The third-order valence-corrected chi connectivity index (χ3v) is 2.01. The van der Waals surface area contributed by atoms with Crippen molar-refractivity contribution in [1.29, 1.82) is 0 Å². The molecular formula is C7H9N3O2. The number of aromatic carboxylic acids is 1. The van der Waals surface area contributed by atoms with Crippen molar-refractivity contribution >= 4 is 5.97 Å². The highest BCUT2D eigenvalue weighted by molar-refractivity contribution is 5.83. The first-order valence-electron chi connectivity index (χ1n) is 3.76. The van der Waals surface area contributed by atoms with E-state index in [1.165, 1.54) is 6.20 Å². The molecule has 1 saturated heterocycles. The van der Waals surface area contributed by atoms with Gasteiger partial charge in [0.15, 0.2) is 0 Å². The second-order valence-corrected chi connectivity index (χ2v) is 2.78. The molecule has 5 heteroatoms. The Bertz CT molecular complexity index is 303. The standard InChI is InChI=1S/C7H9N3O2/c11-7(12)6-9-1-2-10(6)5-3-8-4-5/h1-2,5,8H,3-4H2,(H,11,12). The second-order valence-electron chi connectivity index (χ2n) is 2.78. The molecule has 0 aliphatic carbocycles. The fourth-order valence-electron chi connectivity index (χ4n) is 1.24. The van der Waals surface area contributed by atoms with Crippen LogP contribution in [0.2, 0.25) is 0 Å². The average molecular weight is 167 g/mol. The van der Waals surface area contributed by atoms with Crippen LogP contribution in [0.3, 0.4) is 0 Å². The summed E-state index contributed by atoms with van der Waals surface area (Å²) in [5.74, 6) is -0.839. The number of imidazole rings is 1. The highest BCUT2D eigenvalue weighted by Crippen LogP contribution is 2.13. The lowest BCUT2D eigenvalue weighted by molar-refractivity contribution is 0.0673. The van der Waals surface area contributed by atoms with E-state index >= 15 is 0 Å². The van der Waals surface area contributed by atoms with Gasteiger partial charge in [-0.05, 0) is 0 Å². The molecule has 1 aliphatic heterocycles. The first-order chi connectivity index (χ1) is 5.79. The summed E-state index contributed by atoms with van der Waals surface area (Å²) in [6, 6.07) is 0.263. The molecule has 0 radical (unpaired) electrons. The lowest BCUT2D eigenvalue weighted by Crippen LogP contribution is -2.44. The zero-order chi connectivity index (χ0) is 8.55. The van der Waals surface area contributed by atoms with Gasteiger partial charge in [0.25, 0.3) is 0 Å². The number of rotatable bonds is 2. The molecule has 1 aliphatic rings. The molecule has 5 nitrogen and oxygen atoms in total. The minimum absolute atomic E-state index is 0.126. The van der Waals surface area contributed by atoms with Crippen LogP contribution in [0.4, 0.5) is 0 Å². The van der Waals surface area contributed by atoms with Gasteiger partial charge in [0.2, 0.25) is 5.82 Å². The molecule has 1 aromatic rings. The maximum Gasteiger partial charge on any atom is 0.372 e.